The van der Waals surface area contributed by atoms with E-state index < -0.39 is 0 Å². The van der Waals surface area contributed by atoms with Gasteiger partial charge in [0.15, 0.2) is 0 Å². The van der Waals surface area contributed by atoms with Crippen molar-refractivity contribution in [1.82, 2.24) is 10.3 Å². The number of thiazole rings is 1. The second-order valence-corrected chi connectivity index (χ2v) is 6.38. The molecule has 2 nitrogen and oxygen atoms in total. The van der Waals surface area contributed by atoms with Gasteiger partial charge in [-0.15, -0.1) is 11.3 Å². The van der Waals surface area contributed by atoms with Gasteiger partial charge in [0.1, 0.15) is 0 Å². The van der Waals surface area contributed by atoms with Crippen LogP contribution >= 0.6 is 11.3 Å². The fourth-order valence-corrected chi connectivity index (χ4v) is 3.40. The molecule has 0 amide bonds. The first-order chi connectivity index (χ1) is 8.62. The molecule has 0 saturated carbocycles. The number of aryl methyl sites for hydroxylation is 2. The average Bonchev–Trinajstić information content (AvgIpc) is 2.66. The number of nitrogens with one attached hydrogen (secondary N) is 1. The quantitative estimate of drug-likeness (QED) is 0.767. The van der Waals surface area contributed by atoms with Crippen molar-refractivity contribution in [1.29, 1.82) is 0 Å². The third kappa shape index (κ3) is 4.36. The minimum Gasteiger partial charge on any atom is -0.313 e. The fraction of sp³-hybridized carbons (Fsp3) is 0.800. The molecule has 18 heavy (non-hydrogen) atoms. The maximum atomic E-state index is 4.69. The number of hydrogen-bond donors (Lipinski definition) is 1. The lowest BCUT2D eigenvalue weighted by Crippen LogP contribution is -2.38. The third-order valence-electron chi connectivity index (χ3n) is 3.74. The first kappa shape index (κ1) is 15.6. The predicted octanol–water partition coefficient (Wildman–Crippen LogP) is 4.11. The molecule has 0 aliphatic rings. The minimum atomic E-state index is 0.588. The van der Waals surface area contributed by atoms with Crippen LogP contribution < -0.4 is 5.32 Å². The Hall–Kier alpha value is -0.410. The van der Waals surface area contributed by atoms with Crippen LogP contribution in [0.5, 0.6) is 0 Å². The Kier molecular flexibility index (Phi) is 6.87. The van der Waals surface area contributed by atoms with Gasteiger partial charge in [-0.2, -0.15) is 0 Å². The molecule has 1 rings (SSSR count). The highest BCUT2D eigenvalue weighted by Crippen LogP contribution is 2.22. The predicted molar refractivity (Wildman–Crippen MR) is 81.4 cm³/mol. The van der Waals surface area contributed by atoms with Crippen molar-refractivity contribution in [2.24, 2.45) is 5.92 Å². The fourth-order valence-electron chi connectivity index (χ4n) is 2.41. The summed E-state index contributed by atoms with van der Waals surface area (Å²) >= 11 is 1.86. The largest absolute Gasteiger partial charge is 0.313 e. The van der Waals surface area contributed by atoms with Crippen molar-refractivity contribution < 1.29 is 0 Å². The number of hydrogen-bond acceptors (Lipinski definition) is 3. The van der Waals surface area contributed by atoms with E-state index in [2.05, 4.69) is 44.9 Å². The maximum Gasteiger partial charge on any atom is 0.0946 e. The van der Waals surface area contributed by atoms with E-state index in [4.69, 9.17) is 0 Å². The van der Waals surface area contributed by atoms with E-state index in [0.717, 1.165) is 18.9 Å². The maximum absolute atomic E-state index is 4.69. The first-order valence-corrected chi connectivity index (χ1v) is 8.10. The molecule has 104 valence electrons. The molecule has 0 aromatic carbocycles. The van der Waals surface area contributed by atoms with Crippen molar-refractivity contribution in [3.63, 3.8) is 0 Å². The summed E-state index contributed by atoms with van der Waals surface area (Å²) in [6, 6.07) is 0.588. The Bertz CT molecular complexity index is 323. The van der Waals surface area contributed by atoms with Crippen LogP contribution in [0.1, 0.15) is 55.6 Å². The Labute approximate surface area is 116 Å². The van der Waals surface area contributed by atoms with E-state index in [0.29, 0.717) is 6.04 Å². The Morgan fingerprint density at radius 1 is 1.17 bits per heavy atom. The summed E-state index contributed by atoms with van der Waals surface area (Å²) in [7, 11) is 0. The summed E-state index contributed by atoms with van der Waals surface area (Å²) in [5, 5.41) is 5.01. The van der Waals surface area contributed by atoms with E-state index in [1.807, 2.05) is 11.3 Å². The molecule has 0 aliphatic heterocycles. The SMILES string of the molecule is CCCNC(Cc1nc(C)c(C)s1)C(CC)CC. The number of rotatable bonds is 8. The standard InChI is InChI=1S/C15H28N2S/c1-6-9-16-14(13(7-2)8-3)10-15-17-11(4)12(5)18-15/h13-14,16H,6-10H2,1-5H3. The summed E-state index contributed by atoms with van der Waals surface area (Å²) in [6.45, 7) is 12.2. The lowest BCUT2D eigenvalue weighted by molar-refractivity contribution is 0.331. The molecule has 0 radical (unpaired) electrons. The van der Waals surface area contributed by atoms with Crippen LogP contribution in [-0.4, -0.2) is 17.6 Å². The zero-order valence-electron chi connectivity index (χ0n) is 12.5. The van der Waals surface area contributed by atoms with Crippen molar-refractivity contribution >= 4 is 11.3 Å². The Morgan fingerprint density at radius 2 is 1.83 bits per heavy atom. The lowest BCUT2D eigenvalue weighted by Gasteiger charge is -2.25. The van der Waals surface area contributed by atoms with Gasteiger partial charge in [-0.25, -0.2) is 4.98 Å². The molecule has 1 N–H and O–H groups in total. The molecule has 1 atom stereocenters. The van der Waals surface area contributed by atoms with Crippen molar-refractivity contribution in [2.45, 2.75) is 66.3 Å². The van der Waals surface area contributed by atoms with Gasteiger partial charge in [0.05, 0.1) is 10.7 Å². The average molecular weight is 268 g/mol. The normalized spacial score (nSPS) is 13.2. The highest BCUT2D eigenvalue weighted by Gasteiger charge is 2.19. The molecule has 0 bridgehead atoms. The van der Waals surface area contributed by atoms with Crippen LogP contribution in [0.4, 0.5) is 0 Å². The van der Waals surface area contributed by atoms with Crippen molar-refractivity contribution in [3.8, 4) is 0 Å². The Morgan fingerprint density at radius 3 is 2.28 bits per heavy atom. The van der Waals surface area contributed by atoms with Gasteiger partial charge in [-0.3, -0.25) is 0 Å². The van der Waals surface area contributed by atoms with Gasteiger partial charge < -0.3 is 5.32 Å². The molecule has 1 unspecified atom stereocenters. The summed E-state index contributed by atoms with van der Waals surface area (Å²) in [6.07, 6.45) is 4.79. The second-order valence-electron chi connectivity index (χ2n) is 5.09. The number of nitrogens with zero attached hydrogens (tertiary/aromatic N) is 1. The van der Waals surface area contributed by atoms with Crippen LogP contribution in [0.3, 0.4) is 0 Å². The van der Waals surface area contributed by atoms with E-state index in [9.17, 15) is 0 Å². The molecule has 1 aromatic heterocycles. The van der Waals surface area contributed by atoms with E-state index in [1.165, 1.54) is 34.8 Å². The van der Waals surface area contributed by atoms with Crippen molar-refractivity contribution in [2.75, 3.05) is 6.54 Å². The van der Waals surface area contributed by atoms with Gasteiger partial charge in [0.2, 0.25) is 0 Å². The molecular weight excluding hydrogens is 240 g/mol. The molecule has 1 aromatic rings. The van der Waals surface area contributed by atoms with Crippen LogP contribution in [0, 0.1) is 19.8 Å². The van der Waals surface area contributed by atoms with Gasteiger partial charge in [0, 0.05) is 17.3 Å². The molecular formula is C15H28N2S. The molecule has 0 aliphatic carbocycles. The summed E-state index contributed by atoms with van der Waals surface area (Å²) in [5.74, 6) is 0.765. The van der Waals surface area contributed by atoms with Crippen LogP contribution in [0.25, 0.3) is 0 Å². The van der Waals surface area contributed by atoms with Gasteiger partial charge >= 0.3 is 0 Å². The molecule has 0 spiro atoms. The van der Waals surface area contributed by atoms with E-state index in [-0.39, 0.29) is 0 Å². The van der Waals surface area contributed by atoms with Crippen molar-refractivity contribution in [3.05, 3.63) is 15.6 Å². The van der Waals surface area contributed by atoms with E-state index >= 15 is 0 Å². The summed E-state index contributed by atoms with van der Waals surface area (Å²) in [4.78, 5) is 6.05. The third-order valence-corrected chi connectivity index (χ3v) is 4.84. The zero-order chi connectivity index (χ0) is 13.5. The highest BCUT2D eigenvalue weighted by atomic mass is 32.1. The van der Waals surface area contributed by atoms with E-state index in [1.54, 1.807) is 0 Å². The van der Waals surface area contributed by atoms with Crippen LogP contribution in [-0.2, 0) is 6.42 Å². The number of aromatic nitrogens is 1. The summed E-state index contributed by atoms with van der Waals surface area (Å²) < 4.78 is 0. The molecule has 0 saturated heterocycles. The van der Waals surface area contributed by atoms with Gasteiger partial charge in [-0.1, -0.05) is 33.6 Å². The minimum absolute atomic E-state index is 0.588. The highest BCUT2D eigenvalue weighted by molar-refractivity contribution is 7.11. The molecule has 1 heterocycles. The molecule has 0 fully saturated rings. The van der Waals surface area contributed by atoms with Gasteiger partial charge in [0.25, 0.3) is 0 Å². The van der Waals surface area contributed by atoms with Crippen LogP contribution in [0.15, 0.2) is 0 Å². The molecule has 3 heteroatoms. The second kappa shape index (κ2) is 7.90. The zero-order valence-corrected chi connectivity index (χ0v) is 13.4. The summed E-state index contributed by atoms with van der Waals surface area (Å²) in [5.41, 5.74) is 1.20. The monoisotopic (exact) mass is 268 g/mol. The van der Waals surface area contributed by atoms with Gasteiger partial charge in [-0.05, 0) is 32.7 Å². The Balaban J connectivity index is 2.70. The topological polar surface area (TPSA) is 24.9 Å². The smallest absolute Gasteiger partial charge is 0.0946 e. The lowest BCUT2D eigenvalue weighted by atomic mass is 9.92. The first-order valence-electron chi connectivity index (χ1n) is 7.28. The van der Waals surface area contributed by atoms with Crippen LogP contribution in [0.2, 0.25) is 0 Å².